The molecule has 7 rings (SSSR count). The van der Waals surface area contributed by atoms with Crippen LogP contribution in [0.25, 0.3) is 0 Å². The number of nitrogens with zero attached hydrogens (tertiary/aromatic N) is 2. The fourth-order valence-corrected chi connectivity index (χ4v) is 5.93. The number of rotatable bonds is 12. The average Bonchev–Trinajstić information content (AvgIpc) is 3.26. The van der Waals surface area contributed by atoms with Gasteiger partial charge in [-0.1, -0.05) is 42.5 Å². The monoisotopic (exact) mass is 728 g/mol. The number of carbonyl (C=O) groups excluding carboxylic acids is 4. The Balaban J connectivity index is 1.02. The number of hydrogen-bond acceptors (Lipinski definition) is 8. The molecule has 0 fully saturated rings. The molecule has 7 aromatic carbocycles. The minimum absolute atomic E-state index is 0.258. The molecule has 0 saturated carbocycles. The molecule has 0 aliphatic carbocycles. The molecule has 0 amide bonds. The number of ether oxygens (including phenoxy) is 2. The molecular formula is C48H28N2O6. The zero-order valence-electron chi connectivity index (χ0n) is 29.5. The standard InChI is InChI=1S/C48H28N2O6/c49-29-31-12-16-35(17-13-31)47(53)41-8-1-3-10-43(41)55-39-24-20-33(21-25-39)45(51)37-6-5-7-38(28-37)46(52)34-22-26-40(27-23-34)56-44-11-4-2-9-42(44)48(54)36-18-14-32(30-50)15-19-36/h1-28H. The molecule has 0 unspecified atom stereocenters. The molecule has 0 aliphatic heterocycles. The largest absolute Gasteiger partial charge is 0.457 e. The highest BCUT2D eigenvalue weighted by molar-refractivity contribution is 6.14. The Morgan fingerprint density at radius 2 is 0.696 bits per heavy atom. The van der Waals surface area contributed by atoms with Crippen molar-refractivity contribution in [1.82, 2.24) is 0 Å². The summed E-state index contributed by atoms with van der Waals surface area (Å²) in [5.41, 5.74) is 3.84. The van der Waals surface area contributed by atoms with Gasteiger partial charge in [-0.15, -0.1) is 0 Å². The van der Waals surface area contributed by atoms with Crippen molar-refractivity contribution >= 4 is 23.1 Å². The quantitative estimate of drug-likeness (QED) is 0.114. The smallest absolute Gasteiger partial charge is 0.196 e. The van der Waals surface area contributed by atoms with E-state index >= 15 is 0 Å². The number of carbonyl (C=O) groups is 4. The number of benzene rings is 7. The van der Waals surface area contributed by atoms with Crippen molar-refractivity contribution in [3.63, 3.8) is 0 Å². The molecule has 0 spiro atoms. The van der Waals surface area contributed by atoms with Gasteiger partial charge in [-0.2, -0.15) is 10.5 Å². The maximum atomic E-state index is 13.5. The van der Waals surface area contributed by atoms with Crippen molar-refractivity contribution in [3.05, 3.63) is 225 Å². The molecule has 8 heteroatoms. The van der Waals surface area contributed by atoms with E-state index in [1.165, 1.54) is 0 Å². The summed E-state index contributed by atoms with van der Waals surface area (Å²) in [5, 5.41) is 18.2. The first-order chi connectivity index (χ1) is 27.3. The van der Waals surface area contributed by atoms with Gasteiger partial charge in [-0.05, 0) is 127 Å². The van der Waals surface area contributed by atoms with Crippen LogP contribution in [0, 0.1) is 22.7 Å². The SMILES string of the molecule is N#Cc1ccc(C(=O)c2ccccc2Oc2ccc(C(=O)c3cccc(C(=O)c4ccc(Oc5ccccc5C(=O)c5ccc(C#N)cc5)cc4)c3)cc2)cc1. The van der Waals surface area contributed by atoms with E-state index in [1.54, 1.807) is 170 Å². The lowest BCUT2D eigenvalue weighted by atomic mass is 9.97. The summed E-state index contributed by atoms with van der Waals surface area (Å²) in [5.74, 6) is 0.412. The Morgan fingerprint density at radius 1 is 0.357 bits per heavy atom. The van der Waals surface area contributed by atoms with Gasteiger partial charge in [0.2, 0.25) is 0 Å². The predicted molar refractivity (Wildman–Crippen MR) is 208 cm³/mol. The first kappa shape index (κ1) is 36.2. The number of hydrogen-bond donors (Lipinski definition) is 0. The Morgan fingerprint density at radius 3 is 1.07 bits per heavy atom. The molecule has 266 valence electrons. The van der Waals surface area contributed by atoms with Crippen LogP contribution in [-0.4, -0.2) is 23.1 Å². The minimum atomic E-state index is -0.291. The zero-order valence-corrected chi connectivity index (χ0v) is 29.5. The number of ketones is 4. The van der Waals surface area contributed by atoms with E-state index in [1.807, 2.05) is 12.1 Å². The van der Waals surface area contributed by atoms with Crippen molar-refractivity contribution in [3.8, 4) is 35.1 Å². The van der Waals surface area contributed by atoms with Gasteiger partial charge in [0.25, 0.3) is 0 Å². The molecule has 0 N–H and O–H groups in total. The molecule has 0 atom stereocenters. The van der Waals surface area contributed by atoms with Gasteiger partial charge in [0, 0.05) is 33.4 Å². The predicted octanol–water partition coefficient (Wildman–Crippen LogP) is 9.94. The first-order valence-corrected chi connectivity index (χ1v) is 17.3. The van der Waals surface area contributed by atoms with Crippen LogP contribution in [0.4, 0.5) is 0 Å². The summed E-state index contributed by atoms with van der Waals surface area (Å²) in [6, 6.07) is 50.0. The van der Waals surface area contributed by atoms with Crippen molar-refractivity contribution in [2.75, 3.05) is 0 Å². The molecule has 0 aromatic heterocycles. The van der Waals surface area contributed by atoms with Gasteiger partial charge in [0.05, 0.1) is 34.4 Å². The van der Waals surface area contributed by atoms with Gasteiger partial charge >= 0.3 is 0 Å². The molecule has 0 heterocycles. The molecule has 7 aromatic rings. The highest BCUT2D eigenvalue weighted by atomic mass is 16.5. The lowest BCUT2D eigenvalue weighted by Crippen LogP contribution is -2.06. The fourth-order valence-electron chi connectivity index (χ4n) is 5.93. The maximum Gasteiger partial charge on any atom is 0.196 e. The van der Waals surface area contributed by atoms with E-state index in [2.05, 4.69) is 0 Å². The third-order valence-corrected chi connectivity index (χ3v) is 8.89. The Labute approximate surface area is 322 Å². The fraction of sp³-hybridized carbons (Fsp3) is 0. The van der Waals surface area contributed by atoms with Crippen LogP contribution in [0.3, 0.4) is 0 Å². The average molecular weight is 729 g/mol. The van der Waals surface area contributed by atoms with Gasteiger partial charge in [0.1, 0.15) is 23.0 Å². The maximum absolute atomic E-state index is 13.5. The van der Waals surface area contributed by atoms with E-state index in [-0.39, 0.29) is 23.1 Å². The summed E-state index contributed by atoms with van der Waals surface area (Å²) in [4.78, 5) is 53.5. The van der Waals surface area contributed by atoms with Crippen molar-refractivity contribution < 1.29 is 28.7 Å². The summed E-state index contributed by atoms with van der Waals surface area (Å²) < 4.78 is 12.1. The van der Waals surface area contributed by atoms with Crippen LogP contribution in [0.2, 0.25) is 0 Å². The van der Waals surface area contributed by atoms with Crippen LogP contribution >= 0.6 is 0 Å². The normalized spacial score (nSPS) is 10.4. The second-order valence-electron chi connectivity index (χ2n) is 12.5. The van der Waals surface area contributed by atoms with Crippen molar-refractivity contribution in [2.45, 2.75) is 0 Å². The van der Waals surface area contributed by atoms with Crippen LogP contribution in [0.5, 0.6) is 23.0 Å². The van der Waals surface area contributed by atoms with Crippen LogP contribution in [0.15, 0.2) is 170 Å². The summed E-state index contributed by atoms with van der Waals surface area (Å²) >= 11 is 0. The second kappa shape index (κ2) is 16.2. The van der Waals surface area contributed by atoms with Crippen molar-refractivity contribution in [2.24, 2.45) is 0 Å². The highest BCUT2D eigenvalue weighted by Gasteiger charge is 2.19. The van der Waals surface area contributed by atoms with Crippen LogP contribution in [0.1, 0.15) is 74.8 Å². The molecule has 0 bridgehead atoms. The highest BCUT2D eigenvalue weighted by Crippen LogP contribution is 2.30. The number of nitriles is 2. The molecule has 56 heavy (non-hydrogen) atoms. The Bertz CT molecular complexity index is 2520. The Kier molecular flexibility index (Phi) is 10.5. The lowest BCUT2D eigenvalue weighted by Gasteiger charge is -2.12. The second-order valence-corrected chi connectivity index (χ2v) is 12.5. The first-order valence-electron chi connectivity index (χ1n) is 17.3. The summed E-state index contributed by atoms with van der Waals surface area (Å²) in [6.45, 7) is 0. The minimum Gasteiger partial charge on any atom is -0.457 e. The van der Waals surface area contributed by atoms with Crippen LogP contribution in [-0.2, 0) is 0 Å². The van der Waals surface area contributed by atoms with E-state index < -0.39 is 0 Å². The Hall–Kier alpha value is -8.20. The summed E-state index contributed by atoms with van der Waals surface area (Å²) in [7, 11) is 0. The van der Waals surface area contributed by atoms with E-state index in [4.69, 9.17) is 20.0 Å². The molecule has 0 aliphatic rings. The van der Waals surface area contributed by atoms with Gasteiger partial charge in [-0.25, -0.2) is 0 Å². The number of para-hydroxylation sites is 2. The van der Waals surface area contributed by atoms with Crippen LogP contribution < -0.4 is 9.47 Å². The van der Waals surface area contributed by atoms with E-state index in [9.17, 15) is 19.2 Å². The third-order valence-electron chi connectivity index (χ3n) is 8.89. The van der Waals surface area contributed by atoms with Gasteiger partial charge < -0.3 is 9.47 Å². The lowest BCUT2D eigenvalue weighted by molar-refractivity contribution is 0.102. The summed E-state index contributed by atoms with van der Waals surface area (Å²) in [6.07, 6.45) is 0. The molecule has 0 saturated heterocycles. The third kappa shape index (κ3) is 7.91. The van der Waals surface area contributed by atoms with Gasteiger partial charge in [-0.3, -0.25) is 19.2 Å². The van der Waals surface area contributed by atoms with E-state index in [0.29, 0.717) is 78.6 Å². The zero-order chi connectivity index (χ0) is 39.0. The molecular weight excluding hydrogens is 701 g/mol. The van der Waals surface area contributed by atoms with E-state index in [0.717, 1.165) is 0 Å². The molecule has 0 radical (unpaired) electrons. The molecule has 8 nitrogen and oxygen atoms in total. The van der Waals surface area contributed by atoms with Gasteiger partial charge in [0.15, 0.2) is 23.1 Å². The topological polar surface area (TPSA) is 134 Å². The van der Waals surface area contributed by atoms with Crippen molar-refractivity contribution in [1.29, 1.82) is 10.5 Å².